The molecule has 0 saturated heterocycles. The second-order valence-electron chi connectivity index (χ2n) is 7.93. The zero-order chi connectivity index (χ0) is 24.4. The molecule has 174 valence electrons. The Morgan fingerprint density at radius 2 is 1.91 bits per heavy atom. The number of rotatable bonds is 5. The summed E-state index contributed by atoms with van der Waals surface area (Å²) >= 11 is 5.99. The van der Waals surface area contributed by atoms with Gasteiger partial charge in [0.05, 0.1) is 10.6 Å². The van der Waals surface area contributed by atoms with E-state index in [1.54, 1.807) is 25.1 Å². The van der Waals surface area contributed by atoms with Crippen molar-refractivity contribution in [2.45, 2.75) is 33.1 Å². The number of amides is 2. The standard InChI is InChI=1S/C24H21ClN4O5/c1-13-11-16(25)9-10-18(13)26-24(31)22-14(2)21-19(7-4-8-20(21)34-22)27-28-23(30)15-5-3-6-17(12-15)29(32)33/h3,5-6,9-12H,4,7-8H2,1-2H3,(H,26,31)(H,28,30)/b27-19+. The van der Waals surface area contributed by atoms with Crippen LogP contribution in [0.3, 0.4) is 0 Å². The minimum absolute atomic E-state index is 0.122. The lowest BCUT2D eigenvalue weighted by Crippen LogP contribution is -2.22. The first-order valence-electron chi connectivity index (χ1n) is 10.6. The Labute approximate surface area is 199 Å². The number of hydrogen-bond donors (Lipinski definition) is 2. The van der Waals surface area contributed by atoms with Crippen molar-refractivity contribution in [2.75, 3.05) is 5.32 Å². The molecule has 0 unspecified atom stereocenters. The van der Waals surface area contributed by atoms with Crippen molar-refractivity contribution >= 4 is 40.5 Å². The first-order valence-corrected chi connectivity index (χ1v) is 10.9. The summed E-state index contributed by atoms with van der Waals surface area (Å²) in [6.45, 7) is 3.62. The molecule has 1 aliphatic carbocycles. The van der Waals surface area contributed by atoms with Crippen LogP contribution < -0.4 is 10.7 Å². The summed E-state index contributed by atoms with van der Waals surface area (Å²) in [5.74, 6) is -0.151. The highest BCUT2D eigenvalue weighted by Crippen LogP contribution is 2.31. The third kappa shape index (κ3) is 4.69. The van der Waals surface area contributed by atoms with Crippen LogP contribution >= 0.6 is 11.6 Å². The number of hydrazone groups is 1. The maximum Gasteiger partial charge on any atom is 0.291 e. The number of anilines is 1. The third-order valence-electron chi connectivity index (χ3n) is 5.58. The zero-order valence-electron chi connectivity index (χ0n) is 18.5. The van der Waals surface area contributed by atoms with E-state index in [0.29, 0.717) is 46.2 Å². The predicted molar refractivity (Wildman–Crippen MR) is 128 cm³/mol. The summed E-state index contributed by atoms with van der Waals surface area (Å²) in [5, 5.41) is 18.6. The van der Waals surface area contributed by atoms with Gasteiger partial charge < -0.3 is 9.73 Å². The molecule has 0 bridgehead atoms. The van der Waals surface area contributed by atoms with Crippen LogP contribution in [0.4, 0.5) is 11.4 Å². The van der Waals surface area contributed by atoms with Gasteiger partial charge in [-0.2, -0.15) is 5.10 Å². The Morgan fingerprint density at radius 1 is 1.12 bits per heavy atom. The van der Waals surface area contributed by atoms with Crippen LogP contribution in [0, 0.1) is 24.0 Å². The predicted octanol–water partition coefficient (Wildman–Crippen LogP) is 5.18. The number of carbonyl (C=O) groups excluding carboxylic acids is 2. The summed E-state index contributed by atoms with van der Waals surface area (Å²) in [6, 6.07) is 10.6. The van der Waals surface area contributed by atoms with Gasteiger partial charge in [0.1, 0.15) is 5.76 Å². The molecule has 34 heavy (non-hydrogen) atoms. The number of hydrogen-bond acceptors (Lipinski definition) is 6. The molecule has 2 amide bonds. The molecule has 1 aromatic heterocycles. The molecule has 0 saturated carbocycles. The van der Waals surface area contributed by atoms with E-state index in [2.05, 4.69) is 15.8 Å². The van der Waals surface area contributed by atoms with Crippen LogP contribution in [0.5, 0.6) is 0 Å². The number of benzene rings is 2. The van der Waals surface area contributed by atoms with Crippen molar-refractivity contribution in [3.8, 4) is 0 Å². The number of furan rings is 1. The zero-order valence-corrected chi connectivity index (χ0v) is 19.2. The number of nitrogens with one attached hydrogen (secondary N) is 2. The van der Waals surface area contributed by atoms with Crippen molar-refractivity contribution in [1.29, 1.82) is 0 Å². The molecule has 9 nitrogen and oxygen atoms in total. The number of fused-ring (bicyclic) bond motifs is 1. The van der Waals surface area contributed by atoms with Gasteiger partial charge in [-0.15, -0.1) is 0 Å². The van der Waals surface area contributed by atoms with Crippen LogP contribution in [-0.2, 0) is 6.42 Å². The number of nitrogens with zero attached hydrogens (tertiary/aromatic N) is 2. The summed E-state index contributed by atoms with van der Waals surface area (Å²) in [5.41, 5.74) is 5.76. The molecule has 1 heterocycles. The average Bonchev–Trinajstić information content (AvgIpc) is 3.16. The van der Waals surface area contributed by atoms with Gasteiger partial charge >= 0.3 is 0 Å². The van der Waals surface area contributed by atoms with E-state index in [-0.39, 0.29) is 17.0 Å². The molecule has 0 spiro atoms. The van der Waals surface area contributed by atoms with Gasteiger partial charge in [0.15, 0.2) is 5.76 Å². The number of non-ortho nitro benzene ring substituents is 1. The molecule has 0 atom stereocenters. The van der Waals surface area contributed by atoms with Crippen molar-refractivity contribution < 1.29 is 18.9 Å². The normalized spacial score (nSPS) is 13.9. The molecule has 4 rings (SSSR count). The van der Waals surface area contributed by atoms with Crippen molar-refractivity contribution in [3.63, 3.8) is 0 Å². The van der Waals surface area contributed by atoms with Crippen molar-refractivity contribution in [1.82, 2.24) is 5.43 Å². The van der Waals surface area contributed by atoms with Gasteiger partial charge in [-0.25, -0.2) is 5.43 Å². The quantitative estimate of drug-likeness (QED) is 0.384. The van der Waals surface area contributed by atoms with Crippen LogP contribution in [0.1, 0.15) is 56.2 Å². The fraction of sp³-hybridized carbons (Fsp3) is 0.208. The van der Waals surface area contributed by atoms with Gasteiger partial charge in [-0.1, -0.05) is 17.7 Å². The van der Waals surface area contributed by atoms with Crippen LogP contribution in [0.15, 0.2) is 52.0 Å². The summed E-state index contributed by atoms with van der Waals surface area (Å²) in [7, 11) is 0. The van der Waals surface area contributed by atoms with Gasteiger partial charge in [0.25, 0.3) is 17.5 Å². The van der Waals surface area contributed by atoms with Gasteiger partial charge in [-0.3, -0.25) is 19.7 Å². The van der Waals surface area contributed by atoms with Gasteiger partial charge in [-0.05, 0) is 56.5 Å². The second-order valence-corrected chi connectivity index (χ2v) is 8.36. The Hall–Kier alpha value is -3.98. The molecule has 1 aliphatic rings. The van der Waals surface area contributed by atoms with E-state index >= 15 is 0 Å². The lowest BCUT2D eigenvalue weighted by atomic mass is 9.93. The SMILES string of the molecule is Cc1cc(Cl)ccc1NC(=O)c1oc2c(c1C)/C(=N/NC(=O)c1cccc([N+](=O)[O-])c1)CCC2. The molecule has 3 aromatic rings. The van der Waals surface area contributed by atoms with E-state index in [4.69, 9.17) is 16.0 Å². The Morgan fingerprint density at radius 3 is 2.65 bits per heavy atom. The molecule has 2 aromatic carbocycles. The third-order valence-corrected chi connectivity index (χ3v) is 5.82. The first-order chi connectivity index (χ1) is 16.2. The number of halogens is 1. The molecule has 2 N–H and O–H groups in total. The minimum atomic E-state index is -0.569. The lowest BCUT2D eigenvalue weighted by Gasteiger charge is -2.13. The molecular formula is C24H21ClN4O5. The van der Waals surface area contributed by atoms with Crippen molar-refractivity contribution in [2.24, 2.45) is 5.10 Å². The van der Waals surface area contributed by atoms with E-state index < -0.39 is 16.7 Å². The first kappa shape index (κ1) is 23.2. The Bertz CT molecular complexity index is 1350. The van der Waals surface area contributed by atoms with Crippen molar-refractivity contribution in [3.05, 3.63) is 91.4 Å². The number of nitro benzene ring substituents is 1. The maximum absolute atomic E-state index is 12.9. The highest BCUT2D eigenvalue weighted by atomic mass is 35.5. The van der Waals surface area contributed by atoms with Crippen LogP contribution in [-0.4, -0.2) is 22.4 Å². The molecule has 0 radical (unpaired) electrons. The van der Waals surface area contributed by atoms with Gasteiger partial charge in [0, 0.05) is 46.0 Å². The fourth-order valence-corrected chi connectivity index (χ4v) is 4.11. The molecular weight excluding hydrogens is 460 g/mol. The summed E-state index contributed by atoms with van der Waals surface area (Å²) < 4.78 is 5.89. The number of nitro groups is 1. The summed E-state index contributed by atoms with van der Waals surface area (Å²) in [4.78, 5) is 35.8. The van der Waals surface area contributed by atoms with E-state index in [9.17, 15) is 19.7 Å². The molecule has 0 fully saturated rings. The molecule has 0 aliphatic heterocycles. The maximum atomic E-state index is 12.9. The highest BCUT2D eigenvalue weighted by Gasteiger charge is 2.28. The van der Waals surface area contributed by atoms with Gasteiger partial charge in [0.2, 0.25) is 0 Å². The van der Waals surface area contributed by atoms with E-state index in [1.807, 2.05) is 6.92 Å². The lowest BCUT2D eigenvalue weighted by molar-refractivity contribution is -0.384. The minimum Gasteiger partial charge on any atom is -0.455 e. The molecule has 10 heteroatoms. The monoisotopic (exact) mass is 480 g/mol. The smallest absolute Gasteiger partial charge is 0.291 e. The van der Waals surface area contributed by atoms with Crippen LogP contribution in [0.25, 0.3) is 0 Å². The van der Waals surface area contributed by atoms with E-state index in [1.165, 1.54) is 24.3 Å². The number of carbonyl (C=O) groups is 2. The summed E-state index contributed by atoms with van der Waals surface area (Å²) in [6.07, 6.45) is 1.96. The average molecular weight is 481 g/mol. The highest BCUT2D eigenvalue weighted by molar-refractivity contribution is 6.30. The second kappa shape index (κ2) is 9.48. The fourth-order valence-electron chi connectivity index (χ4n) is 3.89. The Kier molecular flexibility index (Phi) is 6.47. The van der Waals surface area contributed by atoms with Crippen LogP contribution in [0.2, 0.25) is 5.02 Å². The largest absolute Gasteiger partial charge is 0.455 e. The Balaban J connectivity index is 1.57. The number of aryl methyl sites for hydroxylation is 2. The topological polar surface area (TPSA) is 127 Å². The van der Waals surface area contributed by atoms with E-state index in [0.717, 1.165) is 12.0 Å².